The third-order valence-corrected chi connectivity index (χ3v) is 2.43. The Labute approximate surface area is 81.3 Å². The summed E-state index contributed by atoms with van der Waals surface area (Å²) in [6.45, 7) is 9.13. The third-order valence-electron chi connectivity index (χ3n) is 2.43. The highest BCUT2D eigenvalue weighted by Gasteiger charge is 2.32. The smallest absolute Gasteiger partial charge is 0.0908 e. The molecule has 2 atom stereocenters. The maximum atomic E-state index is 10.1. The van der Waals surface area contributed by atoms with E-state index in [-0.39, 0.29) is 0 Å². The van der Waals surface area contributed by atoms with Crippen LogP contribution in [0.2, 0.25) is 0 Å². The molecular formula is C11H21O2. The van der Waals surface area contributed by atoms with E-state index >= 15 is 0 Å². The standard InChI is InChI=1S/C11H21O2/c1-4-7-9-11(13,8-5-2)10(12)6-3/h1,4,10,12-13H,5-9H2,2-3H3. The Morgan fingerprint density at radius 1 is 1.38 bits per heavy atom. The van der Waals surface area contributed by atoms with Crippen LogP contribution in [0.25, 0.3) is 0 Å². The largest absolute Gasteiger partial charge is 0.390 e. The van der Waals surface area contributed by atoms with E-state index in [0.717, 1.165) is 6.42 Å². The number of allylic oxidation sites excluding steroid dienone is 1. The molecule has 0 saturated heterocycles. The van der Waals surface area contributed by atoms with Crippen LogP contribution in [0.3, 0.4) is 0 Å². The maximum absolute atomic E-state index is 10.1. The predicted molar refractivity (Wildman–Crippen MR) is 54.3 cm³/mol. The molecule has 0 aliphatic carbocycles. The van der Waals surface area contributed by atoms with E-state index in [2.05, 4.69) is 0 Å². The zero-order valence-corrected chi connectivity index (χ0v) is 8.66. The zero-order chi connectivity index (χ0) is 10.3. The van der Waals surface area contributed by atoms with Crippen molar-refractivity contribution in [1.29, 1.82) is 0 Å². The van der Waals surface area contributed by atoms with Crippen LogP contribution in [0.15, 0.2) is 6.08 Å². The van der Waals surface area contributed by atoms with E-state index in [1.165, 1.54) is 6.08 Å². The van der Waals surface area contributed by atoms with Gasteiger partial charge in [-0.2, -0.15) is 0 Å². The maximum Gasteiger partial charge on any atom is 0.0908 e. The normalized spacial score (nSPS) is 17.8. The molecule has 0 heterocycles. The van der Waals surface area contributed by atoms with Gasteiger partial charge in [0.15, 0.2) is 0 Å². The average Bonchev–Trinajstić information content (AvgIpc) is 2.14. The molecule has 0 aromatic heterocycles. The molecule has 0 rings (SSSR count). The average molecular weight is 185 g/mol. The fourth-order valence-corrected chi connectivity index (χ4v) is 1.60. The molecule has 1 radical (unpaired) electrons. The molecule has 13 heavy (non-hydrogen) atoms. The Morgan fingerprint density at radius 2 is 2.00 bits per heavy atom. The molecule has 2 N–H and O–H groups in total. The van der Waals surface area contributed by atoms with Crippen LogP contribution in [0, 0.1) is 6.58 Å². The molecule has 0 saturated carbocycles. The van der Waals surface area contributed by atoms with Gasteiger partial charge in [0.2, 0.25) is 0 Å². The Hall–Kier alpha value is -0.340. The first kappa shape index (κ1) is 12.7. The molecule has 0 spiro atoms. The van der Waals surface area contributed by atoms with Gasteiger partial charge in [-0.1, -0.05) is 32.9 Å². The zero-order valence-electron chi connectivity index (χ0n) is 8.66. The summed E-state index contributed by atoms with van der Waals surface area (Å²) < 4.78 is 0. The van der Waals surface area contributed by atoms with Crippen molar-refractivity contribution < 1.29 is 10.2 Å². The van der Waals surface area contributed by atoms with Crippen molar-refractivity contribution in [3.8, 4) is 0 Å². The molecule has 0 aromatic rings. The van der Waals surface area contributed by atoms with E-state index in [1.54, 1.807) is 0 Å². The number of rotatable bonds is 7. The van der Waals surface area contributed by atoms with Crippen molar-refractivity contribution in [3.63, 3.8) is 0 Å². The molecule has 0 bridgehead atoms. The summed E-state index contributed by atoms with van der Waals surface area (Å²) in [5.41, 5.74) is -0.945. The van der Waals surface area contributed by atoms with E-state index in [4.69, 9.17) is 6.58 Å². The topological polar surface area (TPSA) is 40.5 Å². The first-order valence-corrected chi connectivity index (χ1v) is 5.04. The third kappa shape index (κ3) is 3.92. The second-order valence-electron chi connectivity index (χ2n) is 3.55. The van der Waals surface area contributed by atoms with Gasteiger partial charge in [-0.05, 0) is 25.7 Å². The fourth-order valence-electron chi connectivity index (χ4n) is 1.60. The minimum atomic E-state index is -0.945. The second kappa shape index (κ2) is 6.17. The first-order chi connectivity index (χ1) is 6.10. The summed E-state index contributed by atoms with van der Waals surface area (Å²) in [7, 11) is 0. The van der Waals surface area contributed by atoms with Crippen molar-refractivity contribution in [1.82, 2.24) is 0 Å². The van der Waals surface area contributed by atoms with Gasteiger partial charge in [-0.15, -0.1) is 0 Å². The van der Waals surface area contributed by atoms with Gasteiger partial charge < -0.3 is 10.2 Å². The number of hydrogen-bond donors (Lipinski definition) is 2. The van der Waals surface area contributed by atoms with Crippen molar-refractivity contribution in [2.75, 3.05) is 0 Å². The SMILES string of the molecule is [CH]=CCCC(O)(CCC)C(O)CC. The van der Waals surface area contributed by atoms with Gasteiger partial charge >= 0.3 is 0 Å². The fraction of sp³-hybridized carbons (Fsp3) is 0.818. The van der Waals surface area contributed by atoms with Gasteiger partial charge in [-0.3, -0.25) is 0 Å². The Kier molecular flexibility index (Phi) is 6.00. The van der Waals surface area contributed by atoms with E-state index in [9.17, 15) is 10.2 Å². The second-order valence-corrected chi connectivity index (χ2v) is 3.55. The summed E-state index contributed by atoms with van der Waals surface area (Å²) in [5.74, 6) is 0. The minimum Gasteiger partial charge on any atom is -0.390 e. The lowest BCUT2D eigenvalue weighted by atomic mass is 9.85. The van der Waals surface area contributed by atoms with Crippen LogP contribution in [0.4, 0.5) is 0 Å². The van der Waals surface area contributed by atoms with Crippen molar-refractivity contribution in [3.05, 3.63) is 12.7 Å². The molecule has 0 amide bonds. The highest BCUT2D eigenvalue weighted by molar-refractivity contribution is 4.87. The number of aliphatic hydroxyl groups is 2. The molecular weight excluding hydrogens is 164 g/mol. The van der Waals surface area contributed by atoms with Crippen LogP contribution in [-0.4, -0.2) is 21.9 Å². The van der Waals surface area contributed by atoms with Crippen LogP contribution in [-0.2, 0) is 0 Å². The Morgan fingerprint density at radius 3 is 2.38 bits per heavy atom. The quantitative estimate of drug-likeness (QED) is 0.637. The summed E-state index contributed by atoms with van der Waals surface area (Å²) in [4.78, 5) is 0. The minimum absolute atomic E-state index is 0.548. The van der Waals surface area contributed by atoms with Gasteiger partial charge in [0.1, 0.15) is 0 Å². The number of hydrogen-bond acceptors (Lipinski definition) is 2. The van der Waals surface area contributed by atoms with Crippen molar-refractivity contribution in [2.45, 2.75) is 57.7 Å². The van der Waals surface area contributed by atoms with Gasteiger partial charge in [0.05, 0.1) is 11.7 Å². The first-order valence-electron chi connectivity index (χ1n) is 5.04. The summed E-state index contributed by atoms with van der Waals surface area (Å²) in [5, 5.41) is 19.7. The van der Waals surface area contributed by atoms with E-state index in [1.807, 2.05) is 13.8 Å². The monoisotopic (exact) mass is 185 g/mol. The van der Waals surface area contributed by atoms with Crippen molar-refractivity contribution >= 4 is 0 Å². The Bertz CT molecular complexity index is 145. The summed E-state index contributed by atoms with van der Waals surface area (Å²) in [6.07, 6.45) is 4.19. The van der Waals surface area contributed by atoms with Crippen LogP contribution in [0.1, 0.15) is 46.0 Å². The van der Waals surface area contributed by atoms with E-state index < -0.39 is 11.7 Å². The number of aliphatic hydroxyl groups excluding tert-OH is 1. The highest BCUT2D eigenvalue weighted by atomic mass is 16.3. The molecule has 0 aliphatic heterocycles. The van der Waals surface area contributed by atoms with Crippen molar-refractivity contribution in [2.24, 2.45) is 0 Å². The molecule has 0 fully saturated rings. The van der Waals surface area contributed by atoms with Crippen LogP contribution < -0.4 is 0 Å². The summed E-state index contributed by atoms with van der Waals surface area (Å²) in [6, 6.07) is 0. The van der Waals surface area contributed by atoms with Gasteiger partial charge in [-0.25, -0.2) is 0 Å². The highest BCUT2D eigenvalue weighted by Crippen LogP contribution is 2.25. The van der Waals surface area contributed by atoms with E-state index in [0.29, 0.717) is 25.7 Å². The van der Waals surface area contributed by atoms with Gasteiger partial charge in [0, 0.05) is 0 Å². The molecule has 2 heteroatoms. The molecule has 2 nitrogen and oxygen atoms in total. The Balaban J connectivity index is 4.22. The molecule has 2 unspecified atom stereocenters. The molecule has 0 aromatic carbocycles. The molecule has 0 aliphatic rings. The lowest BCUT2D eigenvalue weighted by Gasteiger charge is -2.32. The summed E-state index contributed by atoms with van der Waals surface area (Å²) >= 11 is 0. The van der Waals surface area contributed by atoms with Gasteiger partial charge in [0.25, 0.3) is 0 Å². The lowest BCUT2D eigenvalue weighted by molar-refractivity contribution is -0.0865. The van der Waals surface area contributed by atoms with Crippen LogP contribution >= 0.6 is 0 Å². The predicted octanol–water partition coefficient (Wildman–Crippen LogP) is 2.06. The molecule has 77 valence electrons. The lowest BCUT2D eigenvalue weighted by Crippen LogP contribution is -2.41. The van der Waals surface area contributed by atoms with Crippen LogP contribution in [0.5, 0.6) is 0 Å².